The molecule has 0 fully saturated rings. The van der Waals surface area contributed by atoms with Crippen molar-refractivity contribution in [3.05, 3.63) is 95.1 Å². The van der Waals surface area contributed by atoms with Crippen molar-refractivity contribution in [1.82, 2.24) is 10.2 Å². The van der Waals surface area contributed by atoms with Crippen LogP contribution < -0.4 is 9.62 Å². The number of rotatable bonds is 9. The Morgan fingerprint density at radius 1 is 0.846 bits per heavy atom. The van der Waals surface area contributed by atoms with Crippen LogP contribution in [0.2, 0.25) is 0 Å². The molecular formula is C31H39N3O4S. The second-order valence-corrected chi connectivity index (χ2v) is 12.8. The number of anilines is 1. The summed E-state index contributed by atoms with van der Waals surface area (Å²) >= 11 is 0. The van der Waals surface area contributed by atoms with Crippen molar-refractivity contribution in [2.75, 3.05) is 10.8 Å². The average molecular weight is 550 g/mol. The molecule has 0 unspecified atom stereocenters. The van der Waals surface area contributed by atoms with Crippen LogP contribution in [0.3, 0.4) is 0 Å². The van der Waals surface area contributed by atoms with Crippen LogP contribution in [0.4, 0.5) is 5.69 Å². The van der Waals surface area contributed by atoms with Gasteiger partial charge in [-0.3, -0.25) is 13.9 Å². The molecule has 0 saturated heterocycles. The normalized spacial score (nSPS) is 12.5. The van der Waals surface area contributed by atoms with E-state index in [0.717, 1.165) is 26.6 Å². The molecule has 1 atom stereocenters. The number of carbonyl (C=O) groups excluding carboxylic acids is 2. The van der Waals surface area contributed by atoms with Crippen LogP contribution in [-0.4, -0.2) is 43.3 Å². The van der Waals surface area contributed by atoms with Gasteiger partial charge in [0, 0.05) is 12.1 Å². The molecule has 0 radical (unpaired) electrons. The third-order valence-corrected chi connectivity index (χ3v) is 8.50. The summed E-state index contributed by atoms with van der Waals surface area (Å²) in [7, 11) is -4.09. The molecule has 8 heteroatoms. The summed E-state index contributed by atoms with van der Waals surface area (Å²) in [6.07, 6.45) is 0. The lowest BCUT2D eigenvalue weighted by atomic mass is 10.1. The number of amides is 2. The molecule has 3 rings (SSSR count). The molecular weight excluding hydrogens is 510 g/mol. The van der Waals surface area contributed by atoms with Crippen LogP contribution in [-0.2, 0) is 26.2 Å². The molecule has 0 aromatic heterocycles. The first-order valence-electron chi connectivity index (χ1n) is 13.0. The van der Waals surface area contributed by atoms with Crippen LogP contribution in [0, 0.1) is 20.8 Å². The van der Waals surface area contributed by atoms with Gasteiger partial charge in [-0.1, -0.05) is 54.6 Å². The van der Waals surface area contributed by atoms with E-state index in [1.54, 1.807) is 37.3 Å². The molecule has 0 spiro atoms. The number of aryl methyl sites for hydroxylation is 2. The van der Waals surface area contributed by atoms with Crippen molar-refractivity contribution in [3.8, 4) is 0 Å². The third kappa shape index (κ3) is 7.26. The van der Waals surface area contributed by atoms with Gasteiger partial charge in [-0.15, -0.1) is 0 Å². The van der Waals surface area contributed by atoms with Crippen LogP contribution in [0.1, 0.15) is 49.9 Å². The second kappa shape index (κ2) is 12.0. The smallest absolute Gasteiger partial charge is 0.264 e. The molecule has 0 aliphatic rings. The molecule has 0 saturated carbocycles. The van der Waals surface area contributed by atoms with Gasteiger partial charge in [0.25, 0.3) is 10.0 Å². The topological polar surface area (TPSA) is 86.8 Å². The highest BCUT2D eigenvalue weighted by Crippen LogP contribution is 2.29. The maximum atomic E-state index is 14.1. The summed E-state index contributed by atoms with van der Waals surface area (Å²) in [5, 5.41) is 2.95. The van der Waals surface area contributed by atoms with Crippen LogP contribution in [0.25, 0.3) is 0 Å². The highest BCUT2D eigenvalue weighted by molar-refractivity contribution is 7.92. The van der Waals surface area contributed by atoms with Crippen molar-refractivity contribution in [1.29, 1.82) is 0 Å². The lowest BCUT2D eigenvalue weighted by molar-refractivity contribution is -0.140. The molecule has 0 aliphatic heterocycles. The van der Waals surface area contributed by atoms with E-state index in [-0.39, 0.29) is 17.3 Å². The maximum Gasteiger partial charge on any atom is 0.264 e. The number of benzene rings is 3. The number of sulfonamides is 1. The van der Waals surface area contributed by atoms with E-state index < -0.39 is 34.1 Å². The largest absolute Gasteiger partial charge is 0.350 e. The summed E-state index contributed by atoms with van der Waals surface area (Å²) in [5.41, 5.74) is 3.45. The Hall–Kier alpha value is -3.65. The van der Waals surface area contributed by atoms with E-state index in [1.807, 2.05) is 71.9 Å². The highest BCUT2D eigenvalue weighted by atomic mass is 32.2. The quantitative estimate of drug-likeness (QED) is 0.401. The SMILES string of the molecule is Cc1ccccc1CN(C(=O)CN(c1cccc(C)c1C)S(=O)(=O)c1ccccc1)[C@H](C)C(=O)NC(C)(C)C. The van der Waals surface area contributed by atoms with Gasteiger partial charge in [-0.2, -0.15) is 0 Å². The van der Waals surface area contributed by atoms with Gasteiger partial charge in [-0.25, -0.2) is 8.42 Å². The van der Waals surface area contributed by atoms with Crippen molar-refractivity contribution >= 4 is 27.5 Å². The average Bonchev–Trinajstić information content (AvgIpc) is 2.87. The first-order chi connectivity index (χ1) is 18.2. The van der Waals surface area contributed by atoms with Gasteiger partial charge in [-0.05, 0) is 88.9 Å². The minimum atomic E-state index is -4.09. The fourth-order valence-corrected chi connectivity index (χ4v) is 5.76. The first kappa shape index (κ1) is 29.9. The molecule has 7 nitrogen and oxygen atoms in total. The van der Waals surface area contributed by atoms with Crippen molar-refractivity contribution in [3.63, 3.8) is 0 Å². The third-order valence-electron chi connectivity index (χ3n) is 6.72. The number of carbonyl (C=O) groups is 2. The van der Waals surface area contributed by atoms with Gasteiger partial charge >= 0.3 is 0 Å². The Bertz CT molecular complexity index is 1430. The Morgan fingerprint density at radius 2 is 1.44 bits per heavy atom. The van der Waals surface area contributed by atoms with Gasteiger partial charge in [0.1, 0.15) is 12.6 Å². The zero-order chi connectivity index (χ0) is 29.0. The van der Waals surface area contributed by atoms with E-state index >= 15 is 0 Å². The number of nitrogens with one attached hydrogen (secondary N) is 1. The fraction of sp³-hybridized carbons (Fsp3) is 0.355. The summed E-state index contributed by atoms with van der Waals surface area (Å²) in [6, 6.07) is 20.3. The first-order valence-corrected chi connectivity index (χ1v) is 14.5. The Labute approximate surface area is 232 Å². The minimum absolute atomic E-state index is 0.0858. The zero-order valence-corrected chi connectivity index (χ0v) is 24.7. The zero-order valence-electron chi connectivity index (χ0n) is 23.9. The predicted octanol–water partition coefficient (Wildman–Crippen LogP) is 5.14. The second-order valence-electron chi connectivity index (χ2n) is 10.9. The van der Waals surface area contributed by atoms with Crippen LogP contribution >= 0.6 is 0 Å². The maximum absolute atomic E-state index is 14.1. The molecule has 0 aliphatic carbocycles. The number of hydrogen-bond donors (Lipinski definition) is 1. The molecule has 208 valence electrons. The lowest BCUT2D eigenvalue weighted by Crippen LogP contribution is -2.54. The standard InChI is InChI=1S/C31H39N3O4S/c1-22-15-13-19-28(24(22)3)34(39(37,38)27-17-9-8-10-18-27)21-29(35)33(20-26-16-12-11-14-23(26)2)25(4)30(36)32-31(5,6)7/h8-19,25H,20-21H2,1-7H3,(H,32,36)/t25-/m1/s1. The molecule has 3 aromatic rings. The Morgan fingerprint density at radius 3 is 2.05 bits per heavy atom. The summed E-state index contributed by atoms with van der Waals surface area (Å²) < 4.78 is 29.0. The summed E-state index contributed by atoms with van der Waals surface area (Å²) in [5.74, 6) is -0.788. The summed E-state index contributed by atoms with van der Waals surface area (Å²) in [4.78, 5) is 28.8. The van der Waals surface area contributed by atoms with Gasteiger partial charge in [0.15, 0.2) is 0 Å². The number of nitrogens with zero attached hydrogens (tertiary/aromatic N) is 2. The highest BCUT2D eigenvalue weighted by Gasteiger charge is 2.34. The molecule has 0 bridgehead atoms. The Kier molecular flexibility index (Phi) is 9.22. The molecule has 3 aromatic carbocycles. The molecule has 39 heavy (non-hydrogen) atoms. The summed E-state index contributed by atoms with van der Waals surface area (Å²) in [6.45, 7) is 12.7. The van der Waals surface area contributed by atoms with Gasteiger partial charge in [0.2, 0.25) is 11.8 Å². The minimum Gasteiger partial charge on any atom is -0.350 e. The van der Waals surface area contributed by atoms with Crippen molar-refractivity contribution < 1.29 is 18.0 Å². The van der Waals surface area contributed by atoms with E-state index in [2.05, 4.69) is 5.32 Å². The van der Waals surface area contributed by atoms with Crippen LogP contribution in [0.15, 0.2) is 77.7 Å². The van der Waals surface area contributed by atoms with E-state index in [0.29, 0.717) is 5.69 Å². The monoisotopic (exact) mass is 549 g/mol. The van der Waals surface area contributed by atoms with Crippen molar-refractivity contribution in [2.24, 2.45) is 0 Å². The fourth-order valence-electron chi connectivity index (χ4n) is 4.27. The van der Waals surface area contributed by atoms with E-state index in [1.165, 1.54) is 17.0 Å². The van der Waals surface area contributed by atoms with E-state index in [4.69, 9.17) is 0 Å². The Balaban J connectivity index is 2.08. The number of hydrogen-bond acceptors (Lipinski definition) is 4. The molecule has 2 amide bonds. The van der Waals surface area contributed by atoms with E-state index in [9.17, 15) is 18.0 Å². The molecule has 1 N–H and O–H groups in total. The predicted molar refractivity (Wildman–Crippen MR) is 156 cm³/mol. The van der Waals surface area contributed by atoms with Gasteiger partial charge in [0.05, 0.1) is 10.6 Å². The van der Waals surface area contributed by atoms with Crippen LogP contribution in [0.5, 0.6) is 0 Å². The van der Waals surface area contributed by atoms with Gasteiger partial charge < -0.3 is 10.2 Å². The molecule has 0 heterocycles. The van der Waals surface area contributed by atoms with Crippen molar-refractivity contribution in [2.45, 2.75) is 71.5 Å². The lowest BCUT2D eigenvalue weighted by Gasteiger charge is -2.34.